The van der Waals surface area contributed by atoms with E-state index in [1.54, 1.807) is 19.1 Å². The Morgan fingerprint density at radius 3 is 2.62 bits per heavy atom. The molecule has 0 spiro atoms. The van der Waals surface area contributed by atoms with Crippen LogP contribution in [0, 0.1) is 11.6 Å². The monoisotopic (exact) mass is 436 g/mol. The Kier molecular flexibility index (Phi) is 6.39. The predicted octanol–water partition coefficient (Wildman–Crippen LogP) is 4.45. The number of nitrogens with one attached hydrogen (secondary N) is 1. The third-order valence-corrected chi connectivity index (χ3v) is 6.96. The van der Waals surface area contributed by atoms with Gasteiger partial charge in [-0.15, -0.1) is 11.3 Å². The molecule has 0 aliphatic rings. The number of carbonyl (C=O) groups excluding carboxylic acids is 1. The summed E-state index contributed by atoms with van der Waals surface area (Å²) < 4.78 is 51.2. The predicted molar refractivity (Wildman–Crippen MR) is 108 cm³/mol. The number of rotatable bonds is 7. The smallest absolute Gasteiger partial charge is 0.258 e. The Morgan fingerprint density at radius 2 is 1.90 bits per heavy atom. The molecule has 0 saturated heterocycles. The van der Waals surface area contributed by atoms with Crippen LogP contribution in [0.15, 0.2) is 53.6 Å². The van der Waals surface area contributed by atoms with Gasteiger partial charge in [0.05, 0.1) is 16.2 Å². The second-order valence-corrected chi connectivity index (χ2v) is 9.52. The van der Waals surface area contributed by atoms with Crippen molar-refractivity contribution >= 4 is 32.2 Å². The van der Waals surface area contributed by atoms with E-state index in [0.717, 1.165) is 17.0 Å². The van der Waals surface area contributed by atoms with E-state index in [1.807, 2.05) is 0 Å². The maximum atomic E-state index is 13.3. The van der Waals surface area contributed by atoms with Crippen molar-refractivity contribution in [2.75, 3.05) is 11.1 Å². The minimum absolute atomic E-state index is 0.0158. The first-order valence-electron chi connectivity index (χ1n) is 8.82. The molecule has 1 N–H and O–H groups in total. The van der Waals surface area contributed by atoms with Gasteiger partial charge in [-0.3, -0.25) is 10.1 Å². The Hall–Kier alpha value is -2.65. The molecule has 1 heterocycles. The zero-order chi connectivity index (χ0) is 21.0. The molecular formula is C20H18F2N2O3S2. The average Bonchev–Trinajstić information content (AvgIpc) is 3.11. The van der Waals surface area contributed by atoms with Crippen LogP contribution in [0.25, 0.3) is 0 Å². The summed E-state index contributed by atoms with van der Waals surface area (Å²) >= 11 is 1.18. The number of amides is 1. The lowest BCUT2D eigenvalue weighted by Crippen LogP contribution is -2.17. The van der Waals surface area contributed by atoms with E-state index in [0.29, 0.717) is 18.4 Å². The molecule has 0 aliphatic carbocycles. The second kappa shape index (κ2) is 8.79. The van der Waals surface area contributed by atoms with Crippen LogP contribution in [0.3, 0.4) is 0 Å². The molecule has 3 aromatic rings. The lowest BCUT2D eigenvalue weighted by Gasteiger charge is -2.09. The number of hydrogen-bond acceptors (Lipinski definition) is 5. The van der Waals surface area contributed by atoms with Crippen LogP contribution in [0.5, 0.6) is 0 Å². The fourth-order valence-electron chi connectivity index (χ4n) is 2.77. The maximum absolute atomic E-state index is 13.3. The van der Waals surface area contributed by atoms with E-state index in [9.17, 15) is 22.0 Å². The van der Waals surface area contributed by atoms with E-state index < -0.39 is 27.4 Å². The Morgan fingerprint density at radius 1 is 1.14 bits per heavy atom. The summed E-state index contributed by atoms with van der Waals surface area (Å²) in [6.07, 6.45) is 2.30. The molecule has 0 unspecified atom stereocenters. The third-order valence-electron chi connectivity index (χ3n) is 4.08. The number of aromatic nitrogens is 1. The van der Waals surface area contributed by atoms with E-state index in [1.165, 1.54) is 35.7 Å². The first kappa shape index (κ1) is 21.1. The van der Waals surface area contributed by atoms with Crippen molar-refractivity contribution in [2.24, 2.45) is 0 Å². The summed E-state index contributed by atoms with van der Waals surface area (Å²) in [6.45, 7) is 1.75. The molecule has 152 valence electrons. The zero-order valence-electron chi connectivity index (χ0n) is 15.5. The average molecular weight is 437 g/mol. The lowest BCUT2D eigenvalue weighted by molar-refractivity contribution is 0.102. The summed E-state index contributed by atoms with van der Waals surface area (Å²) in [5.74, 6) is -2.46. The summed E-state index contributed by atoms with van der Waals surface area (Å²) in [5.41, 5.74) is 0.625. The van der Waals surface area contributed by atoms with Gasteiger partial charge < -0.3 is 0 Å². The van der Waals surface area contributed by atoms with Crippen LogP contribution in [0.2, 0.25) is 0 Å². The number of nitrogens with zero attached hydrogens (tertiary/aromatic N) is 1. The summed E-state index contributed by atoms with van der Waals surface area (Å²) in [5, 5.41) is 2.90. The fourth-order valence-corrected chi connectivity index (χ4v) is 5.15. The largest absolute Gasteiger partial charge is 0.298 e. The minimum atomic E-state index is -3.57. The third kappa shape index (κ3) is 5.04. The lowest BCUT2D eigenvalue weighted by atomic mass is 10.1. The molecule has 0 bridgehead atoms. The van der Waals surface area contributed by atoms with Crippen LogP contribution >= 0.6 is 11.3 Å². The SMILES string of the molecule is CCCS(=O)(=O)c1ccccc1C(=O)Nc1ncc(Cc2ccc(F)c(F)c2)s1. The number of carbonyl (C=O) groups is 1. The van der Waals surface area contributed by atoms with E-state index >= 15 is 0 Å². The number of anilines is 1. The molecule has 1 aromatic heterocycles. The standard InChI is InChI=1S/C20H18F2N2O3S2/c1-2-9-29(26,27)18-6-4-3-5-15(18)19(25)24-20-23-12-14(28-20)10-13-7-8-16(21)17(22)11-13/h3-8,11-12H,2,9-10H2,1H3,(H,23,24,25). The van der Waals surface area contributed by atoms with Gasteiger partial charge in [-0.2, -0.15) is 0 Å². The van der Waals surface area contributed by atoms with Gasteiger partial charge in [0.2, 0.25) is 0 Å². The molecule has 0 fully saturated rings. The molecule has 2 aromatic carbocycles. The fraction of sp³-hybridized carbons (Fsp3) is 0.200. The molecule has 0 radical (unpaired) electrons. The number of benzene rings is 2. The summed E-state index contributed by atoms with van der Waals surface area (Å²) in [4.78, 5) is 17.5. The first-order chi connectivity index (χ1) is 13.8. The van der Waals surface area contributed by atoms with E-state index in [-0.39, 0.29) is 21.3 Å². The zero-order valence-corrected chi connectivity index (χ0v) is 17.1. The van der Waals surface area contributed by atoms with Gasteiger partial charge in [0.15, 0.2) is 26.6 Å². The van der Waals surface area contributed by atoms with Crippen molar-refractivity contribution in [1.29, 1.82) is 0 Å². The van der Waals surface area contributed by atoms with Crippen molar-refractivity contribution in [3.63, 3.8) is 0 Å². The van der Waals surface area contributed by atoms with Crippen LogP contribution in [-0.4, -0.2) is 25.1 Å². The molecule has 1 amide bonds. The number of thiazole rings is 1. The number of halogens is 2. The van der Waals surface area contributed by atoms with Crippen molar-refractivity contribution in [3.05, 3.63) is 76.3 Å². The topological polar surface area (TPSA) is 76.1 Å². The maximum Gasteiger partial charge on any atom is 0.258 e. The van der Waals surface area contributed by atoms with Crippen molar-refractivity contribution in [2.45, 2.75) is 24.7 Å². The van der Waals surface area contributed by atoms with Crippen LogP contribution in [-0.2, 0) is 16.3 Å². The molecule has 0 aliphatic heterocycles. The second-order valence-electron chi connectivity index (χ2n) is 6.33. The van der Waals surface area contributed by atoms with Crippen molar-refractivity contribution in [3.8, 4) is 0 Å². The Bertz CT molecular complexity index is 1140. The molecular weight excluding hydrogens is 418 g/mol. The molecule has 29 heavy (non-hydrogen) atoms. The Labute approximate surface area is 171 Å². The van der Waals surface area contributed by atoms with Gasteiger partial charge in [-0.05, 0) is 36.2 Å². The highest BCUT2D eigenvalue weighted by molar-refractivity contribution is 7.91. The molecule has 0 atom stereocenters. The highest BCUT2D eigenvalue weighted by Gasteiger charge is 2.22. The molecule has 0 saturated carbocycles. The molecule has 3 rings (SSSR count). The number of hydrogen-bond donors (Lipinski definition) is 1. The highest BCUT2D eigenvalue weighted by atomic mass is 32.2. The van der Waals surface area contributed by atoms with Crippen molar-refractivity contribution in [1.82, 2.24) is 4.98 Å². The van der Waals surface area contributed by atoms with Gasteiger partial charge >= 0.3 is 0 Å². The van der Waals surface area contributed by atoms with Crippen molar-refractivity contribution < 1.29 is 22.0 Å². The van der Waals surface area contributed by atoms with E-state index in [2.05, 4.69) is 10.3 Å². The Balaban J connectivity index is 1.77. The normalized spacial score (nSPS) is 11.4. The molecule has 9 heteroatoms. The summed E-state index contributed by atoms with van der Waals surface area (Å²) in [6, 6.07) is 9.68. The minimum Gasteiger partial charge on any atom is -0.298 e. The quantitative estimate of drug-likeness (QED) is 0.594. The van der Waals surface area contributed by atoms with Gasteiger partial charge in [-0.25, -0.2) is 22.2 Å². The first-order valence-corrected chi connectivity index (χ1v) is 11.3. The van der Waals surface area contributed by atoms with Crippen LogP contribution in [0.1, 0.15) is 34.1 Å². The van der Waals surface area contributed by atoms with Crippen LogP contribution < -0.4 is 5.32 Å². The molecule has 5 nitrogen and oxygen atoms in total. The van der Waals surface area contributed by atoms with Crippen LogP contribution in [0.4, 0.5) is 13.9 Å². The van der Waals surface area contributed by atoms with Gasteiger partial charge in [0.1, 0.15) is 0 Å². The van der Waals surface area contributed by atoms with Gasteiger partial charge in [0, 0.05) is 17.5 Å². The summed E-state index contributed by atoms with van der Waals surface area (Å²) in [7, 11) is -3.57. The number of sulfone groups is 1. The van der Waals surface area contributed by atoms with E-state index in [4.69, 9.17) is 0 Å². The highest BCUT2D eigenvalue weighted by Crippen LogP contribution is 2.24. The van der Waals surface area contributed by atoms with Gasteiger partial charge in [-0.1, -0.05) is 25.1 Å². The van der Waals surface area contributed by atoms with Gasteiger partial charge in [0.25, 0.3) is 5.91 Å².